The Kier molecular flexibility index (Phi) is 12.8. The number of fused-ring (bicyclic) bond motifs is 2. The third-order valence-corrected chi connectivity index (χ3v) is 7.21. The Morgan fingerprint density at radius 1 is 0.600 bits per heavy atom. The van der Waals surface area contributed by atoms with Gasteiger partial charge in [0.1, 0.15) is 0 Å². The zero-order valence-electron chi connectivity index (χ0n) is 25.0. The van der Waals surface area contributed by atoms with E-state index in [-0.39, 0.29) is 14.9 Å². The molecular formula is C38H40SiZr-4. The Labute approximate surface area is 259 Å². The second-order valence-electron chi connectivity index (χ2n) is 10.2. The molecule has 0 aliphatic heterocycles. The van der Waals surface area contributed by atoms with E-state index in [1.165, 1.54) is 89.4 Å². The zero-order chi connectivity index (χ0) is 27.2. The molecule has 0 saturated heterocycles. The fourth-order valence-electron chi connectivity index (χ4n) is 5.16. The van der Waals surface area contributed by atoms with Gasteiger partial charge >= 0.3 is 30.2 Å². The van der Waals surface area contributed by atoms with Gasteiger partial charge in [-0.15, -0.1) is 68.6 Å². The van der Waals surface area contributed by atoms with Gasteiger partial charge < -0.3 is 14.9 Å². The van der Waals surface area contributed by atoms with E-state index in [1.807, 2.05) is 0 Å². The van der Waals surface area contributed by atoms with Gasteiger partial charge in [0.2, 0.25) is 0 Å². The van der Waals surface area contributed by atoms with E-state index in [0.29, 0.717) is 5.92 Å². The quantitative estimate of drug-likeness (QED) is 0.137. The summed E-state index contributed by atoms with van der Waals surface area (Å²) in [5.41, 5.74) is 10.8. The molecular weight excluding hydrogens is 576 g/mol. The number of benzene rings is 4. The molecule has 0 amide bonds. The van der Waals surface area contributed by atoms with E-state index in [9.17, 15) is 0 Å². The first-order valence-corrected chi connectivity index (χ1v) is 17.3. The number of rotatable bonds is 3. The van der Waals surface area contributed by atoms with Gasteiger partial charge in [0, 0.05) is 0 Å². The minimum atomic E-state index is 0. The molecule has 0 bridgehead atoms. The van der Waals surface area contributed by atoms with Crippen molar-refractivity contribution in [1.82, 2.24) is 0 Å². The normalized spacial score (nSPS) is 10.1. The summed E-state index contributed by atoms with van der Waals surface area (Å²) in [5.74, 6) is 0.584. The van der Waals surface area contributed by atoms with Crippen LogP contribution in [0.2, 0.25) is 0 Å². The zero-order valence-corrected chi connectivity index (χ0v) is 28.4. The molecule has 0 nitrogen and oxygen atoms in total. The first kappa shape index (κ1) is 33.4. The van der Waals surface area contributed by atoms with E-state index in [2.05, 4.69) is 151 Å². The topological polar surface area (TPSA) is 0 Å². The summed E-state index contributed by atoms with van der Waals surface area (Å²) >= 11 is 1.36. The van der Waals surface area contributed by atoms with Gasteiger partial charge in [-0.05, 0) is 29.5 Å². The van der Waals surface area contributed by atoms with Crippen molar-refractivity contribution in [2.75, 3.05) is 0 Å². The van der Waals surface area contributed by atoms with Crippen LogP contribution in [0.3, 0.4) is 0 Å². The summed E-state index contributed by atoms with van der Waals surface area (Å²) in [6.07, 6.45) is 0. The van der Waals surface area contributed by atoms with Crippen LogP contribution in [0.15, 0.2) is 109 Å². The number of hydrogen-bond donors (Lipinski definition) is 0. The summed E-state index contributed by atoms with van der Waals surface area (Å²) in [6, 6.07) is 39.5. The summed E-state index contributed by atoms with van der Waals surface area (Å²) in [4.78, 5) is 0. The molecule has 0 heterocycles. The third kappa shape index (κ3) is 7.28. The molecule has 0 N–H and O–H groups in total. The SMILES string of the molecule is CC(C)c1cc2c(-c3ccccc3)cccc2[cH-]1.Cc1cc2c(-c3ccccc3C)ccc(C)c2[cH-]1.[CH3-].[CH3-].[Si]=[Zr]. The van der Waals surface area contributed by atoms with Gasteiger partial charge in [-0.3, -0.25) is 0 Å². The molecule has 0 saturated carbocycles. The first-order valence-electron chi connectivity index (χ1n) is 13.1. The van der Waals surface area contributed by atoms with Gasteiger partial charge in [-0.25, -0.2) is 0 Å². The molecule has 0 atom stereocenters. The van der Waals surface area contributed by atoms with Crippen molar-refractivity contribution in [3.05, 3.63) is 146 Å². The summed E-state index contributed by atoms with van der Waals surface area (Å²) in [7, 11) is 0. The predicted molar refractivity (Wildman–Crippen MR) is 177 cm³/mol. The standard InChI is InChI=1S/2C18H17.2CH3.Si.Zr/c1-12-10-17-14(3)8-9-16(18(17)11-12)15-7-5-4-6-13(15)2;1-13(2)16-11-15-9-6-10-17(18(15)12-16)14-7-4-3-5-8-14;;;;/h4-11H,1-3H3;3-13H,1-2H3;2*1H3;;/q4*-1;;. The molecule has 2 radical (unpaired) electrons. The molecule has 6 aromatic rings. The number of hydrogen-bond acceptors (Lipinski definition) is 0. The molecule has 0 spiro atoms. The minimum absolute atomic E-state index is 0. The molecule has 0 unspecified atom stereocenters. The van der Waals surface area contributed by atoms with Crippen molar-refractivity contribution < 1.29 is 23.3 Å². The molecule has 0 aliphatic carbocycles. The maximum atomic E-state index is 3.06. The molecule has 0 aromatic heterocycles. The fraction of sp³-hybridized carbons (Fsp3) is 0.158. The Balaban J connectivity index is 0.000000252. The molecule has 6 aromatic carbocycles. The van der Waals surface area contributed by atoms with Crippen LogP contribution in [0.5, 0.6) is 0 Å². The van der Waals surface area contributed by atoms with E-state index in [1.54, 1.807) is 0 Å². The second-order valence-corrected chi connectivity index (χ2v) is 10.2. The maximum absolute atomic E-state index is 3.06. The number of aryl methyl sites for hydroxylation is 3. The van der Waals surface area contributed by atoms with Crippen LogP contribution in [0.1, 0.15) is 42.0 Å². The summed E-state index contributed by atoms with van der Waals surface area (Å²) in [5, 5.41) is 5.47. The van der Waals surface area contributed by atoms with Gasteiger partial charge in [0.25, 0.3) is 0 Å². The van der Waals surface area contributed by atoms with E-state index in [0.717, 1.165) is 0 Å². The average Bonchev–Trinajstić information content (AvgIpc) is 3.56. The van der Waals surface area contributed by atoms with Crippen LogP contribution in [0.25, 0.3) is 43.8 Å². The van der Waals surface area contributed by atoms with Crippen LogP contribution in [0.4, 0.5) is 0 Å². The second kappa shape index (κ2) is 15.3. The van der Waals surface area contributed by atoms with Crippen molar-refractivity contribution in [2.45, 2.75) is 40.5 Å². The van der Waals surface area contributed by atoms with Crippen molar-refractivity contribution in [3.63, 3.8) is 0 Å². The van der Waals surface area contributed by atoms with Gasteiger partial charge in [-0.1, -0.05) is 106 Å². The molecule has 0 fully saturated rings. The third-order valence-electron chi connectivity index (χ3n) is 7.21. The molecule has 0 aliphatic rings. The van der Waals surface area contributed by atoms with Crippen molar-refractivity contribution in [3.8, 4) is 22.3 Å². The van der Waals surface area contributed by atoms with Crippen LogP contribution in [0, 0.1) is 35.6 Å². The predicted octanol–water partition coefficient (Wildman–Crippen LogP) is 11.0. The van der Waals surface area contributed by atoms with E-state index >= 15 is 0 Å². The van der Waals surface area contributed by atoms with Crippen LogP contribution in [-0.4, -0.2) is 6.88 Å². The molecule has 40 heavy (non-hydrogen) atoms. The first-order chi connectivity index (χ1) is 18.4. The van der Waals surface area contributed by atoms with Crippen LogP contribution >= 0.6 is 0 Å². The molecule has 2 heteroatoms. The van der Waals surface area contributed by atoms with Crippen molar-refractivity contribution in [1.29, 1.82) is 0 Å². The Morgan fingerprint density at radius 2 is 1.25 bits per heavy atom. The van der Waals surface area contributed by atoms with E-state index in [4.69, 9.17) is 0 Å². The van der Waals surface area contributed by atoms with Crippen molar-refractivity contribution in [2.24, 2.45) is 0 Å². The van der Waals surface area contributed by atoms with Gasteiger partial charge in [0.05, 0.1) is 0 Å². The summed E-state index contributed by atoms with van der Waals surface area (Å²) in [6.45, 7) is 14.1. The molecule has 6 rings (SSSR count). The monoisotopic (exact) mass is 614 g/mol. The molecule has 204 valence electrons. The van der Waals surface area contributed by atoms with Gasteiger partial charge in [0.15, 0.2) is 0 Å². The van der Waals surface area contributed by atoms with Gasteiger partial charge in [-0.2, -0.15) is 12.1 Å². The average molecular weight is 616 g/mol. The fourth-order valence-corrected chi connectivity index (χ4v) is 5.16. The Hall–Kier alpha value is -2.80. The summed E-state index contributed by atoms with van der Waals surface area (Å²) < 4.78 is 0. The van der Waals surface area contributed by atoms with E-state index < -0.39 is 0 Å². The van der Waals surface area contributed by atoms with Crippen LogP contribution < -0.4 is 0 Å². The Bertz CT molecular complexity index is 1650. The van der Waals surface area contributed by atoms with Crippen molar-refractivity contribution >= 4 is 28.4 Å². The van der Waals surface area contributed by atoms with Crippen LogP contribution in [-0.2, 0) is 23.3 Å². The Morgan fingerprint density at radius 3 is 1.93 bits per heavy atom.